The summed E-state index contributed by atoms with van der Waals surface area (Å²) < 4.78 is 24.9. The largest absolute Gasteiger partial charge is 0.295 e. The van der Waals surface area contributed by atoms with Crippen LogP contribution >= 0.6 is 11.6 Å². The van der Waals surface area contributed by atoms with Crippen molar-refractivity contribution in [2.45, 2.75) is 18.9 Å². The van der Waals surface area contributed by atoms with Gasteiger partial charge in [-0.2, -0.15) is 0 Å². The Morgan fingerprint density at radius 1 is 1.10 bits per heavy atom. The Kier molecular flexibility index (Phi) is 3.52. The third kappa shape index (κ3) is 2.58. The number of rotatable bonds is 2. The van der Waals surface area contributed by atoms with E-state index >= 15 is 0 Å². The van der Waals surface area contributed by atoms with Crippen molar-refractivity contribution in [2.24, 2.45) is 0 Å². The molecule has 0 saturated carbocycles. The predicted molar refractivity (Wildman–Crippen MR) is 77.4 cm³/mol. The van der Waals surface area contributed by atoms with E-state index in [-0.39, 0.29) is 17.5 Å². The summed E-state index contributed by atoms with van der Waals surface area (Å²) in [6, 6.07) is 9.70. The molecule has 1 aliphatic heterocycles. The first kappa shape index (κ1) is 13.6. The molecule has 1 saturated heterocycles. The normalized spacial score (nSPS) is 19.1. The second kappa shape index (κ2) is 5.18. The molecule has 0 spiro atoms. The van der Waals surface area contributed by atoms with E-state index in [1.54, 1.807) is 0 Å². The molecule has 1 aliphatic rings. The number of hydrogen-bond donors (Lipinski definition) is 0. The molecule has 0 bridgehead atoms. The molecular formula is C13H14ClN3O2S. The number of hydrogen-bond acceptors (Lipinski definition) is 4. The molecule has 1 aromatic heterocycles. The summed E-state index contributed by atoms with van der Waals surface area (Å²) in [7, 11) is -2.89. The second-order valence-electron chi connectivity index (χ2n) is 4.91. The Labute approximate surface area is 122 Å². The highest BCUT2D eigenvalue weighted by atomic mass is 35.5. The van der Waals surface area contributed by atoms with Crippen LogP contribution in [0, 0.1) is 0 Å². The van der Waals surface area contributed by atoms with Crippen LogP contribution in [0.2, 0.25) is 5.28 Å². The molecule has 3 rings (SSSR count). The molecule has 1 aromatic carbocycles. The third-order valence-electron chi connectivity index (χ3n) is 3.58. The van der Waals surface area contributed by atoms with Crippen LogP contribution in [-0.4, -0.2) is 34.7 Å². The number of nitrogens with zero attached hydrogens (tertiary/aromatic N) is 3. The van der Waals surface area contributed by atoms with Crippen LogP contribution in [0.5, 0.6) is 0 Å². The minimum atomic E-state index is -2.89. The molecule has 5 nitrogen and oxygen atoms in total. The molecule has 1 fully saturated rings. The van der Waals surface area contributed by atoms with E-state index in [4.69, 9.17) is 11.6 Å². The van der Waals surface area contributed by atoms with Crippen molar-refractivity contribution in [2.75, 3.05) is 11.5 Å². The van der Waals surface area contributed by atoms with Crippen LogP contribution in [0.4, 0.5) is 0 Å². The number of aromatic nitrogens is 3. The van der Waals surface area contributed by atoms with Gasteiger partial charge in [-0.1, -0.05) is 30.3 Å². The van der Waals surface area contributed by atoms with Crippen molar-refractivity contribution in [1.29, 1.82) is 0 Å². The zero-order valence-electron chi connectivity index (χ0n) is 10.7. The van der Waals surface area contributed by atoms with Crippen molar-refractivity contribution in [1.82, 2.24) is 14.8 Å². The van der Waals surface area contributed by atoms with Gasteiger partial charge in [-0.05, 0) is 24.4 Å². The molecule has 106 valence electrons. The van der Waals surface area contributed by atoms with Gasteiger partial charge in [-0.3, -0.25) is 4.57 Å². The van der Waals surface area contributed by atoms with Crippen molar-refractivity contribution in [3.8, 4) is 11.4 Å². The fraction of sp³-hybridized carbons (Fsp3) is 0.385. The molecule has 2 aromatic rings. The van der Waals surface area contributed by atoms with Gasteiger partial charge < -0.3 is 0 Å². The Morgan fingerprint density at radius 2 is 1.75 bits per heavy atom. The van der Waals surface area contributed by atoms with Gasteiger partial charge in [0, 0.05) is 11.6 Å². The minimum absolute atomic E-state index is 0.0382. The highest BCUT2D eigenvalue weighted by Crippen LogP contribution is 2.31. The fourth-order valence-corrected chi connectivity index (χ4v) is 4.24. The number of benzene rings is 1. The van der Waals surface area contributed by atoms with Crippen LogP contribution in [0.1, 0.15) is 18.9 Å². The summed E-state index contributed by atoms with van der Waals surface area (Å²) in [6.45, 7) is 0. The summed E-state index contributed by atoms with van der Waals surface area (Å²) in [5, 5.41) is 8.38. The Morgan fingerprint density at radius 3 is 2.40 bits per heavy atom. The van der Waals surface area contributed by atoms with Gasteiger partial charge in [-0.25, -0.2) is 8.42 Å². The highest BCUT2D eigenvalue weighted by molar-refractivity contribution is 7.91. The van der Waals surface area contributed by atoms with Crippen LogP contribution in [-0.2, 0) is 9.84 Å². The molecule has 0 radical (unpaired) electrons. The monoisotopic (exact) mass is 311 g/mol. The van der Waals surface area contributed by atoms with Gasteiger partial charge >= 0.3 is 0 Å². The maximum absolute atomic E-state index is 11.5. The number of sulfone groups is 1. The van der Waals surface area contributed by atoms with E-state index in [1.807, 2.05) is 34.9 Å². The molecular weight excluding hydrogens is 298 g/mol. The molecule has 0 unspecified atom stereocenters. The van der Waals surface area contributed by atoms with E-state index in [0.717, 1.165) is 5.56 Å². The minimum Gasteiger partial charge on any atom is -0.295 e. The van der Waals surface area contributed by atoms with E-state index in [9.17, 15) is 8.42 Å². The average Bonchev–Trinajstić information content (AvgIpc) is 2.82. The summed E-state index contributed by atoms with van der Waals surface area (Å²) in [4.78, 5) is 0. The Bertz CT molecular complexity index is 698. The first-order valence-corrected chi connectivity index (χ1v) is 8.63. The second-order valence-corrected chi connectivity index (χ2v) is 7.55. The molecule has 7 heteroatoms. The SMILES string of the molecule is O=S1(=O)CCC(n2c(Cl)nnc2-c2ccccc2)CC1. The lowest BCUT2D eigenvalue weighted by Crippen LogP contribution is -2.26. The van der Waals surface area contributed by atoms with E-state index in [2.05, 4.69) is 10.2 Å². The van der Waals surface area contributed by atoms with Crippen LogP contribution in [0.3, 0.4) is 0 Å². The van der Waals surface area contributed by atoms with Crippen LogP contribution < -0.4 is 0 Å². The molecule has 0 amide bonds. The van der Waals surface area contributed by atoms with Crippen molar-refractivity contribution >= 4 is 21.4 Å². The highest BCUT2D eigenvalue weighted by Gasteiger charge is 2.28. The van der Waals surface area contributed by atoms with Crippen molar-refractivity contribution in [3.63, 3.8) is 0 Å². The molecule has 0 atom stereocenters. The lowest BCUT2D eigenvalue weighted by atomic mass is 10.1. The average molecular weight is 312 g/mol. The first-order chi connectivity index (χ1) is 9.57. The molecule has 0 N–H and O–H groups in total. The Balaban J connectivity index is 1.97. The topological polar surface area (TPSA) is 64.8 Å². The van der Waals surface area contributed by atoms with Crippen molar-refractivity contribution < 1.29 is 8.42 Å². The van der Waals surface area contributed by atoms with E-state index < -0.39 is 9.84 Å². The summed E-state index contributed by atoms with van der Waals surface area (Å²) in [5.74, 6) is 1.08. The van der Waals surface area contributed by atoms with E-state index in [1.165, 1.54) is 0 Å². The van der Waals surface area contributed by atoms with Gasteiger partial charge in [0.2, 0.25) is 5.28 Å². The lowest BCUT2D eigenvalue weighted by Gasteiger charge is -2.24. The van der Waals surface area contributed by atoms with Gasteiger partial charge in [-0.15, -0.1) is 10.2 Å². The van der Waals surface area contributed by atoms with Gasteiger partial charge in [0.05, 0.1) is 11.5 Å². The summed E-state index contributed by atoms with van der Waals surface area (Å²) in [6.07, 6.45) is 1.11. The maximum Gasteiger partial charge on any atom is 0.225 e. The van der Waals surface area contributed by atoms with Gasteiger partial charge in [0.1, 0.15) is 9.84 Å². The number of halogens is 1. The Hall–Kier alpha value is -1.40. The summed E-state index contributed by atoms with van der Waals surface area (Å²) in [5.41, 5.74) is 0.931. The maximum atomic E-state index is 11.5. The van der Waals surface area contributed by atoms with Gasteiger partial charge in [0.15, 0.2) is 5.82 Å². The smallest absolute Gasteiger partial charge is 0.225 e. The lowest BCUT2D eigenvalue weighted by molar-refractivity contribution is 0.452. The first-order valence-electron chi connectivity index (χ1n) is 6.43. The molecule has 0 aliphatic carbocycles. The van der Waals surface area contributed by atoms with Crippen LogP contribution in [0.25, 0.3) is 11.4 Å². The van der Waals surface area contributed by atoms with Gasteiger partial charge in [0.25, 0.3) is 0 Å². The quantitative estimate of drug-likeness (QED) is 0.854. The van der Waals surface area contributed by atoms with Crippen molar-refractivity contribution in [3.05, 3.63) is 35.6 Å². The molecule has 20 heavy (non-hydrogen) atoms. The molecule has 2 heterocycles. The zero-order chi connectivity index (χ0) is 14.2. The fourth-order valence-electron chi connectivity index (χ4n) is 2.52. The third-order valence-corrected chi connectivity index (χ3v) is 5.55. The van der Waals surface area contributed by atoms with Crippen LogP contribution in [0.15, 0.2) is 30.3 Å². The predicted octanol–water partition coefficient (Wildman–Crippen LogP) is 2.35. The summed E-state index contributed by atoms with van der Waals surface area (Å²) >= 11 is 6.14. The standard InChI is InChI=1S/C13H14ClN3O2S/c14-13-16-15-12(10-4-2-1-3-5-10)17(13)11-6-8-20(18,19)9-7-11/h1-5,11H,6-9H2. The zero-order valence-corrected chi connectivity index (χ0v) is 12.3. The van der Waals surface area contributed by atoms with E-state index in [0.29, 0.717) is 23.9 Å².